The minimum atomic E-state index is -3.52. The number of imidazole rings is 1. The van der Waals surface area contributed by atoms with Crippen molar-refractivity contribution in [2.45, 2.75) is 13.0 Å². The van der Waals surface area contributed by atoms with E-state index in [1.54, 1.807) is 6.33 Å². The van der Waals surface area contributed by atoms with E-state index in [1.165, 1.54) is 0 Å². The molecule has 0 aliphatic heterocycles. The van der Waals surface area contributed by atoms with Crippen LogP contribution >= 0.6 is 20.5 Å². The van der Waals surface area contributed by atoms with E-state index in [4.69, 9.17) is 0 Å². The van der Waals surface area contributed by atoms with Gasteiger partial charge in [0.25, 0.3) is 0 Å². The number of fused-ring (bicyclic) bond motifs is 1. The second kappa shape index (κ2) is 5.23. The van der Waals surface area contributed by atoms with E-state index in [2.05, 4.69) is 21.9 Å². The molecule has 0 saturated heterocycles. The summed E-state index contributed by atoms with van der Waals surface area (Å²) < 4.78 is 17.4. The van der Waals surface area contributed by atoms with Gasteiger partial charge >= 0.3 is 7.60 Å². The summed E-state index contributed by atoms with van der Waals surface area (Å²) in [6.07, 6.45) is 2.35. The lowest BCUT2D eigenvalue weighted by molar-refractivity contribution is 0.400. The molecule has 17 heavy (non-hydrogen) atoms. The summed E-state index contributed by atoms with van der Waals surface area (Å²) in [5, 5.41) is 0. The van der Waals surface area contributed by atoms with Gasteiger partial charge in [0.05, 0.1) is 23.5 Å². The van der Waals surface area contributed by atoms with Gasteiger partial charge in [-0.3, -0.25) is 4.57 Å². The van der Waals surface area contributed by atoms with E-state index in [-0.39, 0.29) is 6.16 Å². The first kappa shape index (κ1) is 12.6. The van der Waals surface area contributed by atoms with Crippen molar-refractivity contribution in [1.82, 2.24) is 9.55 Å². The highest BCUT2D eigenvalue weighted by atomic mass is 32.1. The minimum absolute atomic E-state index is 0.0863. The molecule has 0 spiro atoms. The number of hydrogen-bond acceptors (Lipinski definition) is 4. The molecule has 0 radical (unpaired) electrons. The van der Waals surface area contributed by atoms with E-state index in [1.807, 2.05) is 28.8 Å². The first-order valence-corrected chi connectivity index (χ1v) is 7.30. The van der Waals surface area contributed by atoms with E-state index in [0.717, 1.165) is 11.0 Å². The lowest BCUT2D eigenvalue weighted by Crippen LogP contribution is -1.99. The topological polar surface area (TPSA) is 64.3 Å². The molecular formula is C10H13N2O3PS. The molecular weight excluding hydrogens is 259 g/mol. The largest absolute Gasteiger partial charge is 0.338 e. The van der Waals surface area contributed by atoms with Gasteiger partial charge in [0.2, 0.25) is 0 Å². The zero-order valence-electron chi connectivity index (χ0n) is 9.06. The maximum atomic E-state index is 11.2. The van der Waals surface area contributed by atoms with Crippen molar-refractivity contribution in [3.05, 3.63) is 30.6 Å². The molecule has 7 heteroatoms. The van der Waals surface area contributed by atoms with Crippen molar-refractivity contribution in [3.8, 4) is 0 Å². The van der Waals surface area contributed by atoms with Crippen molar-refractivity contribution >= 4 is 31.5 Å². The van der Waals surface area contributed by atoms with E-state index >= 15 is 0 Å². The third-order valence-electron chi connectivity index (χ3n) is 2.49. The van der Waals surface area contributed by atoms with Crippen LogP contribution in [-0.4, -0.2) is 20.6 Å². The monoisotopic (exact) mass is 272 g/mol. The molecule has 1 aromatic heterocycles. The molecule has 0 aliphatic carbocycles. The van der Waals surface area contributed by atoms with E-state index in [9.17, 15) is 9.46 Å². The van der Waals surface area contributed by atoms with Crippen LogP contribution in [-0.2, 0) is 15.1 Å². The lowest BCUT2D eigenvalue weighted by Gasteiger charge is -2.08. The predicted octanol–water partition coefficient (Wildman–Crippen LogP) is 2.47. The Morgan fingerprint density at radius 2 is 2.24 bits per heavy atom. The standard InChI is InChI=1S/C10H13N2O3PS/c13-16(14,15-17)7-3-6-12-8-11-9-4-1-2-5-10(9)12/h1-2,4-5,8,17H,3,6-7H2,(H,13,14). The van der Waals surface area contributed by atoms with E-state index in [0.29, 0.717) is 13.0 Å². The van der Waals surface area contributed by atoms with Crippen molar-refractivity contribution in [2.24, 2.45) is 0 Å². The number of hydrogen-bond donors (Lipinski definition) is 2. The number of thiol groups is 1. The summed E-state index contributed by atoms with van der Waals surface area (Å²) >= 11 is 3.38. The Hall–Kier alpha value is -0.810. The Balaban J connectivity index is 2.02. The number of aromatic nitrogens is 2. The Kier molecular flexibility index (Phi) is 3.89. The quantitative estimate of drug-likeness (QED) is 0.498. The molecule has 1 N–H and O–H groups in total. The first-order valence-electron chi connectivity index (χ1n) is 5.17. The summed E-state index contributed by atoms with van der Waals surface area (Å²) in [7, 11) is -3.52. The molecule has 0 amide bonds. The molecule has 0 saturated carbocycles. The van der Waals surface area contributed by atoms with Gasteiger partial charge in [0.1, 0.15) is 0 Å². The Morgan fingerprint density at radius 1 is 1.47 bits per heavy atom. The molecule has 1 unspecified atom stereocenters. The maximum absolute atomic E-state index is 11.2. The van der Waals surface area contributed by atoms with Crippen LogP contribution in [0.1, 0.15) is 6.42 Å². The van der Waals surface area contributed by atoms with Gasteiger partial charge in [-0.25, -0.2) is 8.95 Å². The minimum Gasteiger partial charge on any atom is -0.331 e. The van der Waals surface area contributed by atoms with Gasteiger partial charge in [-0.05, 0) is 31.5 Å². The fraction of sp³-hybridized carbons (Fsp3) is 0.300. The van der Waals surface area contributed by atoms with Crippen LogP contribution < -0.4 is 0 Å². The Labute approximate surface area is 105 Å². The zero-order chi connectivity index (χ0) is 12.3. The molecule has 1 heterocycles. The molecule has 5 nitrogen and oxygen atoms in total. The molecule has 0 fully saturated rings. The van der Waals surface area contributed by atoms with Gasteiger partial charge in [-0.2, -0.15) is 0 Å². The van der Waals surface area contributed by atoms with Crippen molar-refractivity contribution in [1.29, 1.82) is 0 Å². The summed E-state index contributed by atoms with van der Waals surface area (Å²) in [6, 6.07) is 7.76. The van der Waals surface area contributed by atoms with Crippen LogP contribution in [0.2, 0.25) is 0 Å². The van der Waals surface area contributed by atoms with Crippen LogP contribution in [0.15, 0.2) is 30.6 Å². The smallest absolute Gasteiger partial charge is 0.331 e. The average Bonchev–Trinajstić information content (AvgIpc) is 2.73. The molecule has 92 valence electrons. The highest BCUT2D eigenvalue weighted by molar-refractivity contribution is 7.81. The van der Waals surface area contributed by atoms with Crippen LogP contribution in [0.4, 0.5) is 0 Å². The van der Waals surface area contributed by atoms with Crippen molar-refractivity contribution < 1.29 is 13.4 Å². The lowest BCUT2D eigenvalue weighted by atomic mass is 10.3. The number of para-hydroxylation sites is 2. The molecule has 2 aromatic rings. The summed E-state index contributed by atoms with van der Waals surface area (Å²) in [6.45, 7) is 0.627. The number of nitrogens with zero attached hydrogens (tertiary/aromatic N) is 2. The van der Waals surface area contributed by atoms with Crippen molar-refractivity contribution in [3.63, 3.8) is 0 Å². The Bertz CT molecular complexity index is 557. The van der Waals surface area contributed by atoms with Gasteiger partial charge in [0.15, 0.2) is 0 Å². The van der Waals surface area contributed by atoms with Crippen LogP contribution in [0.3, 0.4) is 0 Å². The maximum Gasteiger partial charge on any atom is 0.338 e. The zero-order valence-corrected chi connectivity index (χ0v) is 10.8. The average molecular weight is 272 g/mol. The second-order valence-corrected chi connectivity index (χ2v) is 6.10. The molecule has 2 rings (SSSR count). The molecule has 1 aromatic carbocycles. The normalized spacial score (nSPS) is 14.9. The number of rotatable bonds is 5. The van der Waals surface area contributed by atoms with Gasteiger partial charge < -0.3 is 9.46 Å². The predicted molar refractivity (Wildman–Crippen MR) is 69.1 cm³/mol. The summed E-state index contributed by atoms with van der Waals surface area (Å²) in [5.74, 6) is 0. The second-order valence-electron chi connectivity index (χ2n) is 3.72. The summed E-state index contributed by atoms with van der Waals surface area (Å²) in [4.78, 5) is 13.4. The Morgan fingerprint density at radius 3 is 3.00 bits per heavy atom. The van der Waals surface area contributed by atoms with Crippen LogP contribution in [0.5, 0.6) is 0 Å². The van der Waals surface area contributed by atoms with Crippen LogP contribution in [0, 0.1) is 0 Å². The number of aryl methyl sites for hydroxylation is 1. The fourth-order valence-electron chi connectivity index (χ4n) is 1.67. The molecule has 1 atom stereocenters. The fourth-order valence-corrected chi connectivity index (χ4v) is 2.54. The highest BCUT2D eigenvalue weighted by Crippen LogP contribution is 2.43. The highest BCUT2D eigenvalue weighted by Gasteiger charge is 2.17. The third kappa shape index (κ3) is 3.10. The summed E-state index contributed by atoms with van der Waals surface area (Å²) in [5.41, 5.74) is 1.94. The van der Waals surface area contributed by atoms with Gasteiger partial charge in [0, 0.05) is 6.54 Å². The number of benzene rings is 1. The molecule has 0 bridgehead atoms. The SMILES string of the molecule is O=P(O)(CCCn1cnc2ccccc21)OS. The third-order valence-corrected chi connectivity index (χ3v) is 4.40. The van der Waals surface area contributed by atoms with Gasteiger partial charge in [-0.15, -0.1) is 0 Å². The van der Waals surface area contributed by atoms with Crippen molar-refractivity contribution in [2.75, 3.05) is 6.16 Å². The van der Waals surface area contributed by atoms with Gasteiger partial charge in [-0.1, -0.05) is 12.1 Å². The van der Waals surface area contributed by atoms with Crippen LogP contribution in [0.25, 0.3) is 11.0 Å². The van der Waals surface area contributed by atoms with E-state index < -0.39 is 7.60 Å². The first-order chi connectivity index (χ1) is 8.12. The molecule has 0 aliphatic rings.